The Labute approximate surface area is 161 Å². The van der Waals surface area contributed by atoms with Crippen LogP contribution >= 0.6 is 0 Å². The molecule has 3 rings (SSSR count). The maximum absolute atomic E-state index is 12.9. The van der Waals surface area contributed by atoms with E-state index in [9.17, 15) is 9.59 Å². The summed E-state index contributed by atoms with van der Waals surface area (Å²) in [7, 11) is 3.99. The quantitative estimate of drug-likeness (QED) is 0.856. The topological polar surface area (TPSA) is 52.7 Å². The maximum atomic E-state index is 12.9. The molecular weight excluding hydrogens is 338 g/mol. The van der Waals surface area contributed by atoms with Gasteiger partial charge in [-0.15, -0.1) is 0 Å². The van der Waals surface area contributed by atoms with Gasteiger partial charge in [0.05, 0.1) is 0 Å². The van der Waals surface area contributed by atoms with Gasteiger partial charge in [0, 0.05) is 39.3 Å². The summed E-state index contributed by atoms with van der Waals surface area (Å²) in [5.74, 6) is -0.0637. The van der Waals surface area contributed by atoms with E-state index in [0.29, 0.717) is 25.9 Å². The van der Waals surface area contributed by atoms with Gasteiger partial charge in [0.2, 0.25) is 11.8 Å². The fourth-order valence-corrected chi connectivity index (χ4v) is 3.44. The lowest BCUT2D eigenvalue weighted by Gasteiger charge is -2.34. The Morgan fingerprint density at radius 3 is 2.37 bits per heavy atom. The number of rotatable bonds is 6. The summed E-state index contributed by atoms with van der Waals surface area (Å²) in [6, 6.07) is 17.9. The monoisotopic (exact) mass is 365 g/mol. The lowest BCUT2D eigenvalue weighted by molar-refractivity contribution is -0.141. The van der Waals surface area contributed by atoms with Crippen LogP contribution in [-0.2, 0) is 22.7 Å². The number of nitrogens with one attached hydrogen (secondary N) is 1. The second-order valence-corrected chi connectivity index (χ2v) is 7.48. The highest BCUT2D eigenvalue weighted by atomic mass is 16.2. The van der Waals surface area contributed by atoms with Gasteiger partial charge in [-0.25, -0.2) is 0 Å². The van der Waals surface area contributed by atoms with Crippen molar-refractivity contribution in [2.75, 3.05) is 19.0 Å². The minimum atomic E-state index is -0.813. The van der Waals surface area contributed by atoms with Crippen molar-refractivity contribution in [1.82, 2.24) is 10.2 Å². The number of anilines is 1. The Balaban J connectivity index is 1.70. The zero-order valence-electron chi connectivity index (χ0n) is 16.2. The van der Waals surface area contributed by atoms with Crippen molar-refractivity contribution in [3.05, 3.63) is 65.7 Å². The van der Waals surface area contributed by atoms with Gasteiger partial charge in [-0.2, -0.15) is 0 Å². The minimum Gasteiger partial charge on any atom is -0.378 e. The average Bonchev–Trinajstić information content (AvgIpc) is 2.97. The normalized spacial score (nSPS) is 19.2. The Hall–Kier alpha value is -2.82. The summed E-state index contributed by atoms with van der Waals surface area (Å²) in [5.41, 5.74) is 2.36. The van der Waals surface area contributed by atoms with Gasteiger partial charge in [0.1, 0.15) is 5.54 Å². The number of benzene rings is 2. The Bertz CT molecular complexity index is 802. The smallest absolute Gasteiger partial charge is 0.245 e. The first kappa shape index (κ1) is 19.0. The second-order valence-electron chi connectivity index (χ2n) is 7.48. The van der Waals surface area contributed by atoms with E-state index in [0.717, 1.165) is 16.8 Å². The van der Waals surface area contributed by atoms with Crippen LogP contribution in [0.3, 0.4) is 0 Å². The van der Waals surface area contributed by atoms with Gasteiger partial charge in [0.15, 0.2) is 0 Å². The maximum Gasteiger partial charge on any atom is 0.245 e. The lowest BCUT2D eigenvalue weighted by atomic mass is 9.97. The molecule has 5 heteroatoms. The molecule has 0 aromatic heterocycles. The Morgan fingerprint density at radius 1 is 1.07 bits per heavy atom. The molecule has 0 radical (unpaired) electrons. The third kappa shape index (κ3) is 4.13. The van der Waals surface area contributed by atoms with Crippen molar-refractivity contribution in [1.29, 1.82) is 0 Å². The average molecular weight is 365 g/mol. The number of hydrogen-bond donors (Lipinski definition) is 1. The highest BCUT2D eigenvalue weighted by Gasteiger charge is 2.46. The van der Waals surface area contributed by atoms with Crippen LogP contribution in [0.1, 0.15) is 30.9 Å². The van der Waals surface area contributed by atoms with E-state index < -0.39 is 5.54 Å². The molecule has 2 amide bonds. The van der Waals surface area contributed by atoms with E-state index in [1.54, 1.807) is 4.90 Å². The predicted octanol–water partition coefficient (Wildman–Crippen LogP) is 2.95. The highest BCUT2D eigenvalue weighted by Crippen LogP contribution is 2.32. The molecular formula is C22H27N3O2. The molecule has 1 aliphatic rings. The van der Waals surface area contributed by atoms with Crippen LogP contribution in [0.4, 0.5) is 5.69 Å². The molecule has 0 bridgehead atoms. The molecule has 1 fully saturated rings. The third-order valence-corrected chi connectivity index (χ3v) is 5.30. The molecule has 2 aromatic carbocycles. The molecule has 142 valence electrons. The van der Waals surface area contributed by atoms with Crippen molar-refractivity contribution in [2.24, 2.45) is 0 Å². The minimum absolute atomic E-state index is 0.0315. The SMILES string of the molecule is CN(C)c1ccc(CN2C(=O)CC[C@]2(C)C(=O)NCc2ccccc2)cc1. The van der Waals surface area contributed by atoms with Crippen LogP contribution in [0, 0.1) is 0 Å². The summed E-state index contributed by atoms with van der Waals surface area (Å²) in [5, 5.41) is 3.00. The van der Waals surface area contributed by atoms with Crippen LogP contribution < -0.4 is 10.2 Å². The lowest BCUT2D eigenvalue weighted by Crippen LogP contribution is -2.53. The van der Waals surface area contributed by atoms with Crippen LogP contribution in [0.15, 0.2) is 54.6 Å². The molecule has 1 N–H and O–H groups in total. The van der Waals surface area contributed by atoms with Crippen molar-refractivity contribution in [3.63, 3.8) is 0 Å². The van der Waals surface area contributed by atoms with Crippen molar-refractivity contribution >= 4 is 17.5 Å². The molecule has 0 unspecified atom stereocenters. The standard InChI is InChI=1S/C22H27N3O2/c1-22(21(27)23-15-17-7-5-4-6-8-17)14-13-20(26)25(22)16-18-9-11-19(12-10-18)24(2)3/h4-12H,13-16H2,1-3H3,(H,23,27)/t22-/m1/s1. The molecule has 27 heavy (non-hydrogen) atoms. The summed E-state index contributed by atoms with van der Waals surface area (Å²) in [4.78, 5) is 29.2. The first-order valence-electron chi connectivity index (χ1n) is 9.29. The number of carbonyl (C=O) groups is 2. The fourth-order valence-electron chi connectivity index (χ4n) is 3.44. The van der Waals surface area contributed by atoms with Gasteiger partial charge in [0.25, 0.3) is 0 Å². The van der Waals surface area contributed by atoms with E-state index in [-0.39, 0.29) is 11.8 Å². The number of amides is 2. The van der Waals surface area contributed by atoms with E-state index in [1.165, 1.54) is 0 Å². The van der Waals surface area contributed by atoms with Crippen LogP contribution in [0.5, 0.6) is 0 Å². The van der Waals surface area contributed by atoms with Gasteiger partial charge in [-0.1, -0.05) is 42.5 Å². The summed E-state index contributed by atoms with van der Waals surface area (Å²) in [6.45, 7) is 2.78. The van der Waals surface area contributed by atoms with Crippen LogP contribution in [-0.4, -0.2) is 36.3 Å². The van der Waals surface area contributed by atoms with Gasteiger partial charge < -0.3 is 15.1 Å². The summed E-state index contributed by atoms with van der Waals surface area (Å²) < 4.78 is 0. The molecule has 1 heterocycles. The fraction of sp³-hybridized carbons (Fsp3) is 0.364. The number of likely N-dealkylation sites (tertiary alicyclic amines) is 1. The molecule has 2 aromatic rings. The van der Waals surface area contributed by atoms with Gasteiger partial charge in [-0.05, 0) is 36.6 Å². The van der Waals surface area contributed by atoms with Crippen LogP contribution in [0.2, 0.25) is 0 Å². The summed E-state index contributed by atoms with van der Waals surface area (Å²) in [6.07, 6.45) is 0.952. The molecule has 0 saturated carbocycles. The van der Waals surface area contributed by atoms with E-state index >= 15 is 0 Å². The summed E-state index contributed by atoms with van der Waals surface area (Å²) >= 11 is 0. The first-order valence-corrected chi connectivity index (χ1v) is 9.29. The zero-order chi connectivity index (χ0) is 19.4. The van der Waals surface area contributed by atoms with Crippen molar-refractivity contribution in [3.8, 4) is 0 Å². The highest BCUT2D eigenvalue weighted by molar-refractivity contribution is 5.94. The number of carbonyl (C=O) groups excluding carboxylic acids is 2. The number of hydrogen-bond acceptors (Lipinski definition) is 3. The Kier molecular flexibility index (Phi) is 5.49. The van der Waals surface area contributed by atoms with E-state index in [1.807, 2.05) is 80.5 Å². The Morgan fingerprint density at radius 2 is 1.74 bits per heavy atom. The van der Waals surface area contributed by atoms with Gasteiger partial charge >= 0.3 is 0 Å². The zero-order valence-corrected chi connectivity index (χ0v) is 16.2. The largest absolute Gasteiger partial charge is 0.378 e. The third-order valence-electron chi connectivity index (χ3n) is 5.30. The molecule has 1 aliphatic heterocycles. The number of nitrogens with zero attached hydrogens (tertiary/aromatic N) is 2. The second kappa shape index (κ2) is 7.82. The molecule has 0 aliphatic carbocycles. The van der Waals surface area contributed by atoms with Crippen molar-refractivity contribution in [2.45, 2.75) is 38.4 Å². The van der Waals surface area contributed by atoms with Gasteiger partial charge in [-0.3, -0.25) is 9.59 Å². The molecule has 0 spiro atoms. The molecule has 1 atom stereocenters. The van der Waals surface area contributed by atoms with E-state index in [4.69, 9.17) is 0 Å². The first-order chi connectivity index (χ1) is 12.9. The van der Waals surface area contributed by atoms with E-state index in [2.05, 4.69) is 5.32 Å². The predicted molar refractivity (Wildman–Crippen MR) is 107 cm³/mol. The van der Waals surface area contributed by atoms with Crippen molar-refractivity contribution < 1.29 is 9.59 Å². The van der Waals surface area contributed by atoms with Crippen LogP contribution in [0.25, 0.3) is 0 Å². The molecule has 1 saturated heterocycles. The molecule has 5 nitrogen and oxygen atoms in total.